The molecule has 1 N–H and O–H groups in total. The Hall–Kier alpha value is -0.870. The fourth-order valence-electron chi connectivity index (χ4n) is 2.29. The lowest BCUT2D eigenvalue weighted by molar-refractivity contribution is 0.296. The molecular formula is C14H23N3S. The van der Waals surface area contributed by atoms with Crippen LogP contribution in [0, 0.1) is 0 Å². The summed E-state index contributed by atoms with van der Waals surface area (Å²) in [6.07, 6.45) is 0. The molecule has 1 aliphatic rings. The maximum atomic E-state index is 3.64. The van der Waals surface area contributed by atoms with Gasteiger partial charge in [0.05, 0.1) is 0 Å². The van der Waals surface area contributed by atoms with Crippen molar-refractivity contribution < 1.29 is 0 Å². The number of anilines is 2. The second-order valence-electron chi connectivity index (χ2n) is 5.35. The lowest BCUT2D eigenvalue weighted by Gasteiger charge is -2.28. The normalized spacial score (nSPS) is 23.2. The number of thioether (sulfide) groups is 1. The number of likely N-dealkylation sites (N-methyl/N-ethyl adjacent to an activating group) is 1. The Balaban J connectivity index is 2.26. The van der Waals surface area contributed by atoms with Crippen molar-refractivity contribution in [2.45, 2.75) is 23.9 Å². The molecule has 1 unspecified atom stereocenters. The summed E-state index contributed by atoms with van der Waals surface area (Å²) in [6.45, 7) is 2.26. The van der Waals surface area contributed by atoms with Gasteiger partial charge in [-0.2, -0.15) is 0 Å². The van der Waals surface area contributed by atoms with E-state index in [2.05, 4.69) is 68.4 Å². The molecular weight excluding hydrogens is 242 g/mol. The quantitative estimate of drug-likeness (QED) is 0.885. The van der Waals surface area contributed by atoms with E-state index in [9.17, 15) is 0 Å². The van der Waals surface area contributed by atoms with Gasteiger partial charge in [0.1, 0.15) is 0 Å². The average molecular weight is 265 g/mol. The number of rotatable bonds is 2. The van der Waals surface area contributed by atoms with Gasteiger partial charge in [-0.15, -0.1) is 11.8 Å². The Morgan fingerprint density at radius 2 is 1.94 bits per heavy atom. The monoisotopic (exact) mass is 265 g/mol. The van der Waals surface area contributed by atoms with Crippen LogP contribution in [0.4, 0.5) is 11.4 Å². The van der Waals surface area contributed by atoms with Gasteiger partial charge >= 0.3 is 0 Å². The van der Waals surface area contributed by atoms with Crippen molar-refractivity contribution in [2.75, 3.05) is 44.2 Å². The third kappa shape index (κ3) is 2.75. The molecule has 0 bridgehead atoms. The summed E-state index contributed by atoms with van der Waals surface area (Å²) in [5.74, 6) is 1.13. The molecule has 0 radical (unpaired) electrons. The van der Waals surface area contributed by atoms with Gasteiger partial charge in [0.2, 0.25) is 0 Å². The van der Waals surface area contributed by atoms with E-state index >= 15 is 0 Å². The Morgan fingerprint density at radius 1 is 1.22 bits per heavy atom. The average Bonchev–Trinajstić information content (AvgIpc) is 2.46. The Bertz CT molecular complexity index is 418. The van der Waals surface area contributed by atoms with E-state index in [0.717, 1.165) is 5.75 Å². The van der Waals surface area contributed by atoms with Crippen molar-refractivity contribution in [2.24, 2.45) is 0 Å². The zero-order chi connectivity index (χ0) is 13.3. The topological polar surface area (TPSA) is 18.5 Å². The first-order valence-electron chi connectivity index (χ1n) is 6.36. The molecule has 0 saturated heterocycles. The number of hydrogen-bond acceptors (Lipinski definition) is 4. The fourth-order valence-corrected chi connectivity index (χ4v) is 3.71. The van der Waals surface area contributed by atoms with Gasteiger partial charge in [0, 0.05) is 48.2 Å². The van der Waals surface area contributed by atoms with Gasteiger partial charge < -0.3 is 15.1 Å². The Morgan fingerprint density at radius 3 is 2.56 bits per heavy atom. The first kappa shape index (κ1) is 13.6. The molecule has 3 nitrogen and oxygen atoms in total. The SMILES string of the molecule is C[C@H]1Nc2ccc(N(C)C)cc2SCC1N(C)C. The molecule has 0 amide bonds. The van der Waals surface area contributed by atoms with Gasteiger partial charge in [-0.25, -0.2) is 0 Å². The first-order chi connectivity index (χ1) is 8.49. The van der Waals surface area contributed by atoms with Crippen LogP contribution in [0.3, 0.4) is 0 Å². The number of hydrogen-bond donors (Lipinski definition) is 1. The molecule has 2 atom stereocenters. The molecule has 0 fully saturated rings. The fraction of sp³-hybridized carbons (Fsp3) is 0.571. The van der Waals surface area contributed by atoms with Crippen molar-refractivity contribution in [3.63, 3.8) is 0 Å². The summed E-state index contributed by atoms with van der Waals surface area (Å²) in [5.41, 5.74) is 2.53. The second kappa shape index (κ2) is 5.41. The molecule has 1 aliphatic heterocycles. The predicted octanol–water partition coefficient (Wildman–Crippen LogP) is 2.59. The number of nitrogens with zero attached hydrogens (tertiary/aromatic N) is 2. The summed E-state index contributed by atoms with van der Waals surface area (Å²) < 4.78 is 0. The van der Waals surface area contributed by atoms with E-state index in [1.807, 2.05) is 11.8 Å². The zero-order valence-corrected chi connectivity index (χ0v) is 12.7. The standard InChI is InChI=1S/C14H23N3S/c1-10-13(17(4)5)9-18-14-8-11(16(2)3)6-7-12(14)15-10/h6-8,10,13,15H,9H2,1-5H3/t10-,13?/m1/s1. The number of benzene rings is 1. The van der Waals surface area contributed by atoms with Gasteiger partial charge in [0.25, 0.3) is 0 Å². The maximum Gasteiger partial charge on any atom is 0.0482 e. The molecule has 4 heteroatoms. The molecule has 0 aliphatic carbocycles. The number of fused-ring (bicyclic) bond motifs is 1. The van der Waals surface area contributed by atoms with Gasteiger partial charge in [0.15, 0.2) is 0 Å². The summed E-state index contributed by atoms with van der Waals surface area (Å²) in [5, 5.41) is 3.64. The first-order valence-corrected chi connectivity index (χ1v) is 7.34. The minimum absolute atomic E-state index is 0.471. The van der Waals surface area contributed by atoms with Crippen LogP contribution in [0.25, 0.3) is 0 Å². The highest BCUT2D eigenvalue weighted by molar-refractivity contribution is 7.99. The maximum absolute atomic E-state index is 3.64. The number of nitrogens with one attached hydrogen (secondary N) is 1. The molecule has 1 heterocycles. The molecule has 2 rings (SSSR count). The second-order valence-corrected chi connectivity index (χ2v) is 6.41. The van der Waals surface area contributed by atoms with Crippen molar-refractivity contribution in [3.05, 3.63) is 18.2 Å². The van der Waals surface area contributed by atoms with Crippen LogP contribution in [0.2, 0.25) is 0 Å². The van der Waals surface area contributed by atoms with E-state index in [1.54, 1.807) is 0 Å². The van der Waals surface area contributed by atoms with Crippen LogP contribution in [-0.4, -0.2) is 50.9 Å². The van der Waals surface area contributed by atoms with Gasteiger partial charge in [-0.05, 0) is 39.2 Å². The molecule has 100 valence electrons. The third-order valence-corrected chi connectivity index (χ3v) is 4.67. The zero-order valence-electron chi connectivity index (χ0n) is 11.9. The minimum atomic E-state index is 0.471. The van der Waals surface area contributed by atoms with Crippen molar-refractivity contribution in [3.8, 4) is 0 Å². The van der Waals surface area contributed by atoms with Gasteiger partial charge in [-0.3, -0.25) is 0 Å². The van der Waals surface area contributed by atoms with Crippen molar-refractivity contribution >= 4 is 23.1 Å². The van der Waals surface area contributed by atoms with E-state index in [1.165, 1.54) is 16.3 Å². The largest absolute Gasteiger partial charge is 0.380 e. The van der Waals surface area contributed by atoms with Crippen LogP contribution in [0.15, 0.2) is 23.1 Å². The highest BCUT2D eigenvalue weighted by atomic mass is 32.2. The molecule has 18 heavy (non-hydrogen) atoms. The molecule has 0 spiro atoms. The predicted molar refractivity (Wildman–Crippen MR) is 82.1 cm³/mol. The molecule has 1 aromatic rings. The van der Waals surface area contributed by atoms with Crippen LogP contribution < -0.4 is 10.2 Å². The molecule has 0 saturated carbocycles. The van der Waals surface area contributed by atoms with Crippen LogP contribution in [0.5, 0.6) is 0 Å². The minimum Gasteiger partial charge on any atom is -0.380 e. The van der Waals surface area contributed by atoms with Crippen molar-refractivity contribution in [1.82, 2.24) is 4.90 Å². The van der Waals surface area contributed by atoms with Crippen LogP contribution in [0.1, 0.15) is 6.92 Å². The highest BCUT2D eigenvalue weighted by Crippen LogP contribution is 2.35. The van der Waals surface area contributed by atoms with E-state index in [0.29, 0.717) is 12.1 Å². The smallest absolute Gasteiger partial charge is 0.0482 e. The van der Waals surface area contributed by atoms with E-state index < -0.39 is 0 Å². The Kier molecular flexibility index (Phi) is 4.07. The summed E-state index contributed by atoms with van der Waals surface area (Å²) >= 11 is 1.95. The van der Waals surface area contributed by atoms with Crippen molar-refractivity contribution in [1.29, 1.82) is 0 Å². The lowest BCUT2D eigenvalue weighted by Crippen LogP contribution is -2.42. The van der Waals surface area contributed by atoms with Crippen LogP contribution in [-0.2, 0) is 0 Å². The van der Waals surface area contributed by atoms with Gasteiger partial charge in [-0.1, -0.05) is 0 Å². The van der Waals surface area contributed by atoms with E-state index in [4.69, 9.17) is 0 Å². The molecule has 1 aromatic carbocycles. The Labute approximate surface area is 115 Å². The summed E-state index contributed by atoms with van der Waals surface area (Å²) in [7, 11) is 8.48. The molecule has 0 aromatic heterocycles. The lowest BCUT2D eigenvalue weighted by atomic mass is 10.1. The summed E-state index contributed by atoms with van der Waals surface area (Å²) in [4.78, 5) is 5.82. The van der Waals surface area contributed by atoms with Crippen LogP contribution >= 0.6 is 11.8 Å². The van der Waals surface area contributed by atoms with E-state index in [-0.39, 0.29) is 0 Å². The highest BCUT2D eigenvalue weighted by Gasteiger charge is 2.24. The summed E-state index contributed by atoms with van der Waals surface area (Å²) in [6, 6.07) is 7.68. The third-order valence-electron chi connectivity index (χ3n) is 3.51.